The molecule has 1 saturated carbocycles. The number of rotatable bonds is 5. The van der Waals surface area contributed by atoms with Gasteiger partial charge in [-0.1, -0.05) is 32.0 Å². The Hall–Kier alpha value is -1.83. The second kappa shape index (κ2) is 5.75. The number of ether oxygens (including phenoxy) is 1. The summed E-state index contributed by atoms with van der Waals surface area (Å²) < 4.78 is 19.6. The highest BCUT2D eigenvalue weighted by molar-refractivity contribution is 5.70. The van der Waals surface area contributed by atoms with Crippen molar-refractivity contribution in [3.63, 3.8) is 0 Å². The monoisotopic (exact) mass is 298 g/mol. The van der Waals surface area contributed by atoms with E-state index in [1.165, 1.54) is 30.0 Å². The van der Waals surface area contributed by atoms with E-state index in [1.54, 1.807) is 19.2 Å². The smallest absolute Gasteiger partial charge is 0.131 e. The Bertz CT molecular complexity index is 686. The van der Waals surface area contributed by atoms with Gasteiger partial charge < -0.3 is 4.74 Å². The molecule has 3 rings (SSSR count). The Morgan fingerprint density at radius 1 is 1.09 bits per heavy atom. The Labute approximate surface area is 132 Å². The summed E-state index contributed by atoms with van der Waals surface area (Å²) >= 11 is 0. The molecule has 2 aromatic carbocycles. The van der Waals surface area contributed by atoms with Gasteiger partial charge >= 0.3 is 0 Å². The zero-order chi connectivity index (χ0) is 15.7. The highest BCUT2D eigenvalue weighted by Gasteiger charge is 2.37. The van der Waals surface area contributed by atoms with Gasteiger partial charge in [0.1, 0.15) is 11.6 Å². The molecular weight excluding hydrogens is 275 g/mol. The van der Waals surface area contributed by atoms with E-state index in [1.807, 2.05) is 0 Å². The van der Waals surface area contributed by atoms with Crippen molar-refractivity contribution >= 4 is 0 Å². The van der Waals surface area contributed by atoms with Gasteiger partial charge in [0.15, 0.2) is 0 Å². The van der Waals surface area contributed by atoms with Gasteiger partial charge in [-0.05, 0) is 66.0 Å². The Balaban J connectivity index is 2.09. The quantitative estimate of drug-likeness (QED) is 0.717. The SMILES string of the molecule is CCc1ccc(-c2cc(OC)ccc2F)c(CC2(C)CC2)c1. The number of methoxy groups -OCH3 is 1. The first-order chi connectivity index (χ1) is 10.5. The normalized spacial score (nSPS) is 15.6. The zero-order valence-electron chi connectivity index (χ0n) is 13.6. The van der Waals surface area contributed by atoms with Crippen LogP contribution in [0.25, 0.3) is 11.1 Å². The summed E-state index contributed by atoms with van der Waals surface area (Å²) in [6.45, 7) is 4.47. The van der Waals surface area contributed by atoms with Crippen molar-refractivity contribution in [2.45, 2.75) is 39.5 Å². The van der Waals surface area contributed by atoms with Gasteiger partial charge in [0.25, 0.3) is 0 Å². The van der Waals surface area contributed by atoms with E-state index in [2.05, 4.69) is 32.0 Å². The van der Waals surface area contributed by atoms with Crippen molar-refractivity contribution in [3.05, 3.63) is 53.3 Å². The third-order valence-corrected chi connectivity index (χ3v) is 4.76. The van der Waals surface area contributed by atoms with Crippen LogP contribution in [0, 0.1) is 11.2 Å². The first-order valence-corrected chi connectivity index (χ1v) is 8.00. The number of hydrogen-bond acceptors (Lipinski definition) is 1. The van der Waals surface area contributed by atoms with Crippen LogP contribution in [0.1, 0.15) is 37.8 Å². The molecule has 0 atom stereocenters. The third-order valence-electron chi connectivity index (χ3n) is 4.76. The number of hydrogen-bond donors (Lipinski definition) is 0. The Kier molecular flexibility index (Phi) is 3.94. The van der Waals surface area contributed by atoms with Crippen molar-refractivity contribution < 1.29 is 9.13 Å². The summed E-state index contributed by atoms with van der Waals surface area (Å²) in [6, 6.07) is 11.4. The largest absolute Gasteiger partial charge is 0.497 e. The predicted octanol–water partition coefficient (Wildman–Crippen LogP) is 5.41. The summed E-state index contributed by atoms with van der Waals surface area (Å²) in [5.41, 5.74) is 4.61. The average Bonchev–Trinajstić information content (AvgIpc) is 3.25. The predicted molar refractivity (Wildman–Crippen MR) is 88.8 cm³/mol. The van der Waals surface area contributed by atoms with Crippen LogP contribution >= 0.6 is 0 Å². The Morgan fingerprint density at radius 3 is 2.50 bits per heavy atom. The van der Waals surface area contributed by atoms with E-state index in [0.29, 0.717) is 16.7 Å². The summed E-state index contributed by atoms with van der Waals surface area (Å²) in [6.07, 6.45) is 4.56. The molecule has 22 heavy (non-hydrogen) atoms. The lowest BCUT2D eigenvalue weighted by molar-refractivity contribution is 0.414. The van der Waals surface area contributed by atoms with E-state index in [0.717, 1.165) is 18.4 Å². The van der Waals surface area contributed by atoms with E-state index in [4.69, 9.17) is 4.74 Å². The van der Waals surface area contributed by atoms with Crippen LogP contribution in [0.5, 0.6) is 5.75 Å². The fourth-order valence-corrected chi connectivity index (χ4v) is 2.96. The van der Waals surface area contributed by atoms with Crippen molar-refractivity contribution in [1.82, 2.24) is 0 Å². The van der Waals surface area contributed by atoms with Crippen LogP contribution in [-0.4, -0.2) is 7.11 Å². The first-order valence-electron chi connectivity index (χ1n) is 8.00. The van der Waals surface area contributed by atoms with Crippen LogP contribution in [0.15, 0.2) is 36.4 Å². The zero-order valence-corrected chi connectivity index (χ0v) is 13.6. The minimum absolute atomic E-state index is 0.188. The third kappa shape index (κ3) is 3.01. The lowest BCUT2D eigenvalue weighted by Crippen LogP contribution is -2.03. The molecule has 1 aliphatic carbocycles. The van der Waals surface area contributed by atoms with E-state index >= 15 is 0 Å². The van der Waals surface area contributed by atoms with E-state index in [-0.39, 0.29) is 5.82 Å². The maximum Gasteiger partial charge on any atom is 0.131 e. The summed E-state index contributed by atoms with van der Waals surface area (Å²) in [5.74, 6) is 0.506. The van der Waals surface area contributed by atoms with Crippen molar-refractivity contribution in [2.24, 2.45) is 5.41 Å². The second-order valence-corrected chi connectivity index (χ2v) is 6.68. The molecule has 0 unspecified atom stereocenters. The first kappa shape index (κ1) is 15.1. The van der Waals surface area contributed by atoms with Crippen LogP contribution in [0.3, 0.4) is 0 Å². The van der Waals surface area contributed by atoms with Crippen LogP contribution < -0.4 is 4.74 Å². The highest BCUT2D eigenvalue weighted by Crippen LogP contribution is 2.49. The standard InChI is InChI=1S/C20H23FO/c1-4-14-5-7-17(15(11-14)13-20(2)9-10-20)18-12-16(22-3)6-8-19(18)21/h5-8,11-12H,4,9-10,13H2,1-3H3. The molecule has 0 radical (unpaired) electrons. The molecule has 0 bridgehead atoms. The van der Waals surface area contributed by atoms with Crippen LogP contribution in [0.2, 0.25) is 0 Å². The summed E-state index contributed by atoms with van der Waals surface area (Å²) in [7, 11) is 1.61. The molecule has 2 heteroatoms. The molecule has 0 heterocycles. The molecule has 0 amide bonds. The van der Waals surface area contributed by atoms with Gasteiger partial charge in [0, 0.05) is 5.56 Å². The van der Waals surface area contributed by atoms with Crippen LogP contribution in [-0.2, 0) is 12.8 Å². The lowest BCUT2D eigenvalue weighted by Gasteiger charge is -2.16. The number of aryl methyl sites for hydroxylation is 1. The van der Waals surface area contributed by atoms with E-state index < -0.39 is 0 Å². The van der Waals surface area contributed by atoms with Crippen molar-refractivity contribution in [3.8, 4) is 16.9 Å². The summed E-state index contributed by atoms with van der Waals surface area (Å²) in [5, 5.41) is 0. The molecule has 116 valence electrons. The van der Waals surface area contributed by atoms with Crippen LogP contribution in [0.4, 0.5) is 4.39 Å². The van der Waals surface area contributed by atoms with Gasteiger partial charge in [-0.2, -0.15) is 0 Å². The van der Waals surface area contributed by atoms with Crippen molar-refractivity contribution in [1.29, 1.82) is 0 Å². The topological polar surface area (TPSA) is 9.23 Å². The molecule has 1 nitrogen and oxygen atoms in total. The average molecular weight is 298 g/mol. The lowest BCUT2D eigenvalue weighted by atomic mass is 9.89. The highest BCUT2D eigenvalue weighted by atomic mass is 19.1. The molecule has 0 N–H and O–H groups in total. The van der Waals surface area contributed by atoms with Gasteiger partial charge in [0.05, 0.1) is 7.11 Å². The summed E-state index contributed by atoms with van der Waals surface area (Å²) in [4.78, 5) is 0. The fourth-order valence-electron chi connectivity index (χ4n) is 2.96. The second-order valence-electron chi connectivity index (χ2n) is 6.68. The molecular formula is C20H23FO. The molecule has 2 aromatic rings. The minimum Gasteiger partial charge on any atom is -0.497 e. The maximum atomic E-state index is 14.3. The molecule has 1 aliphatic rings. The minimum atomic E-state index is -0.188. The van der Waals surface area contributed by atoms with Gasteiger partial charge in [-0.3, -0.25) is 0 Å². The Morgan fingerprint density at radius 2 is 1.86 bits per heavy atom. The molecule has 0 aromatic heterocycles. The maximum absolute atomic E-state index is 14.3. The molecule has 0 aliphatic heterocycles. The fraction of sp³-hybridized carbons (Fsp3) is 0.400. The van der Waals surface area contributed by atoms with E-state index in [9.17, 15) is 4.39 Å². The molecule has 0 spiro atoms. The molecule has 1 fully saturated rings. The van der Waals surface area contributed by atoms with Crippen molar-refractivity contribution in [2.75, 3.05) is 7.11 Å². The van der Waals surface area contributed by atoms with Gasteiger partial charge in [-0.15, -0.1) is 0 Å². The number of benzene rings is 2. The molecule has 0 saturated heterocycles. The van der Waals surface area contributed by atoms with Gasteiger partial charge in [-0.25, -0.2) is 4.39 Å². The number of halogens is 1. The van der Waals surface area contributed by atoms with Gasteiger partial charge in [0.2, 0.25) is 0 Å².